The number of rotatable bonds is 3. The summed E-state index contributed by atoms with van der Waals surface area (Å²) in [5.74, 6) is 0.660. The van der Waals surface area contributed by atoms with E-state index in [1.54, 1.807) is 0 Å². The van der Waals surface area contributed by atoms with Gasteiger partial charge in [-0.2, -0.15) is 0 Å². The van der Waals surface area contributed by atoms with E-state index in [2.05, 4.69) is 115 Å². The van der Waals surface area contributed by atoms with Crippen molar-refractivity contribution in [1.82, 2.24) is 9.97 Å². The lowest BCUT2D eigenvalue weighted by atomic mass is 9.97. The van der Waals surface area contributed by atoms with Gasteiger partial charge in [-0.05, 0) is 64.9 Å². The zero-order chi connectivity index (χ0) is 32.1. The minimum Gasteiger partial charge on any atom is -0.455 e. The number of nitrogens with zero attached hydrogens (tertiary/aromatic N) is 2. The summed E-state index contributed by atoms with van der Waals surface area (Å²) >= 11 is 1.81. The SMILES string of the molecule is c1ccc2cc(-c3cccc4c3oc3cccc(-c5nc(-c6ccc7sc8ccccc8c7c6)nc6c5oc5ccccc56)c34)ccc2c1. The van der Waals surface area contributed by atoms with E-state index < -0.39 is 0 Å². The average Bonchev–Trinajstić information content (AvgIpc) is 3.85. The minimum atomic E-state index is 0.660. The van der Waals surface area contributed by atoms with Crippen LogP contribution in [0.5, 0.6) is 0 Å². The maximum absolute atomic E-state index is 6.71. The molecule has 0 atom stereocenters. The summed E-state index contributed by atoms with van der Waals surface area (Å²) in [6.45, 7) is 0. The molecule has 0 aliphatic carbocycles. The fourth-order valence-corrected chi connectivity index (χ4v) is 8.48. The summed E-state index contributed by atoms with van der Waals surface area (Å²) < 4.78 is 15.8. The van der Waals surface area contributed by atoms with Crippen LogP contribution in [0.1, 0.15) is 0 Å². The van der Waals surface area contributed by atoms with E-state index in [1.807, 2.05) is 41.7 Å². The van der Waals surface area contributed by atoms with Crippen LogP contribution >= 0.6 is 11.3 Å². The second-order valence-electron chi connectivity index (χ2n) is 12.5. The van der Waals surface area contributed by atoms with Gasteiger partial charge in [0.05, 0.1) is 0 Å². The molecule has 0 N–H and O–H groups in total. The first-order valence-electron chi connectivity index (χ1n) is 16.3. The zero-order valence-corrected chi connectivity index (χ0v) is 26.8. The van der Waals surface area contributed by atoms with E-state index in [0.717, 1.165) is 66.4 Å². The van der Waals surface area contributed by atoms with Crippen molar-refractivity contribution in [2.45, 2.75) is 0 Å². The largest absolute Gasteiger partial charge is 0.455 e. The molecule has 7 aromatic carbocycles. The fourth-order valence-electron chi connectivity index (χ4n) is 7.40. The molecule has 0 aliphatic heterocycles. The lowest BCUT2D eigenvalue weighted by Gasteiger charge is -2.08. The summed E-state index contributed by atoms with van der Waals surface area (Å²) in [5, 5.41) is 7.88. The van der Waals surface area contributed by atoms with E-state index in [9.17, 15) is 0 Å². The van der Waals surface area contributed by atoms with E-state index in [0.29, 0.717) is 11.4 Å². The molecular weight excluding hydrogens is 621 g/mol. The molecule has 0 bridgehead atoms. The minimum absolute atomic E-state index is 0.660. The first kappa shape index (κ1) is 26.7. The highest BCUT2D eigenvalue weighted by Crippen LogP contribution is 2.44. The lowest BCUT2D eigenvalue weighted by Crippen LogP contribution is -1.94. The van der Waals surface area contributed by atoms with Crippen molar-refractivity contribution in [2.24, 2.45) is 0 Å². The molecule has 11 aromatic rings. The predicted molar refractivity (Wildman–Crippen MR) is 203 cm³/mol. The summed E-state index contributed by atoms with van der Waals surface area (Å²) in [7, 11) is 0. The van der Waals surface area contributed by atoms with Crippen molar-refractivity contribution in [1.29, 1.82) is 0 Å². The van der Waals surface area contributed by atoms with Crippen LogP contribution in [0.2, 0.25) is 0 Å². The van der Waals surface area contributed by atoms with Crippen LogP contribution in [-0.2, 0) is 0 Å². The summed E-state index contributed by atoms with van der Waals surface area (Å²) in [6, 6.07) is 50.8. The van der Waals surface area contributed by atoms with E-state index in [4.69, 9.17) is 18.8 Å². The smallest absolute Gasteiger partial charge is 0.180 e. The number of hydrogen-bond acceptors (Lipinski definition) is 5. The maximum Gasteiger partial charge on any atom is 0.180 e. The standard InChI is InChI=1S/C44H24N2O2S/c1-2-10-26-23-27(20-19-25(26)9-1)29-13-7-15-33-39-32(14-8-17-36(39)48-42(29)33)41-43-40(31-12-3-5-16-35(31)47-43)45-44(46-41)28-21-22-38-34(24-28)30-11-4-6-18-37(30)49-38/h1-24H. The number of aromatic nitrogens is 2. The summed E-state index contributed by atoms with van der Waals surface area (Å²) in [6.07, 6.45) is 0. The third-order valence-electron chi connectivity index (χ3n) is 9.69. The first-order chi connectivity index (χ1) is 24.3. The Hall–Kier alpha value is -6.30. The van der Waals surface area contributed by atoms with Gasteiger partial charge in [-0.25, -0.2) is 9.97 Å². The third-order valence-corrected chi connectivity index (χ3v) is 10.8. The molecule has 11 rings (SSSR count). The number of thiophene rings is 1. The molecule has 0 radical (unpaired) electrons. The number of fused-ring (bicyclic) bond motifs is 10. The second kappa shape index (κ2) is 10.1. The van der Waals surface area contributed by atoms with Crippen LogP contribution in [0.3, 0.4) is 0 Å². The van der Waals surface area contributed by atoms with Crippen molar-refractivity contribution in [2.75, 3.05) is 0 Å². The molecule has 0 aliphatic rings. The Kier molecular flexibility index (Phi) is 5.51. The van der Waals surface area contributed by atoms with Gasteiger partial charge in [0.15, 0.2) is 11.4 Å². The molecule has 0 amide bonds. The molecule has 4 nitrogen and oxygen atoms in total. The molecule has 0 unspecified atom stereocenters. The van der Waals surface area contributed by atoms with Crippen molar-refractivity contribution in [3.63, 3.8) is 0 Å². The number of benzene rings is 7. The van der Waals surface area contributed by atoms with Crippen LogP contribution < -0.4 is 0 Å². The Morgan fingerprint density at radius 3 is 2.12 bits per heavy atom. The van der Waals surface area contributed by atoms with Crippen molar-refractivity contribution in [3.05, 3.63) is 146 Å². The molecule has 49 heavy (non-hydrogen) atoms. The normalized spacial score (nSPS) is 12.1. The van der Waals surface area contributed by atoms with Gasteiger partial charge in [0, 0.05) is 53.0 Å². The van der Waals surface area contributed by atoms with Crippen LogP contribution in [0.25, 0.3) is 109 Å². The van der Waals surface area contributed by atoms with Gasteiger partial charge < -0.3 is 8.83 Å². The molecule has 4 heterocycles. The van der Waals surface area contributed by atoms with E-state index in [-0.39, 0.29) is 0 Å². The van der Waals surface area contributed by atoms with Crippen LogP contribution in [0.4, 0.5) is 0 Å². The van der Waals surface area contributed by atoms with Gasteiger partial charge in [-0.3, -0.25) is 0 Å². The first-order valence-corrected chi connectivity index (χ1v) is 17.1. The molecule has 0 saturated carbocycles. The Morgan fingerprint density at radius 1 is 0.449 bits per heavy atom. The Bertz CT molecular complexity index is 3130. The molecule has 5 heteroatoms. The molecule has 0 fully saturated rings. The van der Waals surface area contributed by atoms with Gasteiger partial charge in [-0.1, -0.05) is 97.1 Å². The molecular formula is C44H24N2O2S. The van der Waals surface area contributed by atoms with Crippen LogP contribution in [0, 0.1) is 0 Å². The summed E-state index contributed by atoms with van der Waals surface area (Å²) in [5.41, 5.74) is 8.73. The molecule has 4 aromatic heterocycles. The highest BCUT2D eigenvalue weighted by atomic mass is 32.1. The highest BCUT2D eigenvalue weighted by Gasteiger charge is 2.23. The molecule has 0 saturated heterocycles. The third kappa shape index (κ3) is 3.97. The van der Waals surface area contributed by atoms with Gasteiger partial charge in [0.25, 0.3) is 0 Å². The van der Waals surface area contributed by atoms with Gasteiger partial charge in [-0.15, -0.1) is 11.3 Å². The number of furan rings is 2. The van der Waals surface area contributed by atoms with Crippen LogP contribution in [0.15, 0.2) is 154 Å². The number of para-hydroxylation sites is 2. The van der Waals surface area contributed by atoms with Gasteiger partial charge in [0.2, 0.25) is 0 Å². The number of hydrogen-bond donors (Lipinski definition) is 0. The Labute approximate surface area is 283 Å². The van der Waals surface area contributed by atoms with E-state index in [1.165, 1.54) is 30.9 Å². The molecule has 228 valence electrons. The average molecular weight is 645 g/mol. The van der Waals surface area contributed by atoms with Crippen molar-refractivity contribution < 1.29 is 8.83 Å². The van der Waals surface area contributed by atoms with Crippen molar-refractivity contribution >= 4 is 86.3 Å². The quantitative estimate of drug-likeness (QED) is 0.192. The Morgan fingerprint density at radius 2 is 1.16 bits per heavy atom. The van der Waals surface area contributed by atoms with E-state index >= 15 is 0 Å². The van der Waals surface area contributed by atoms with Crippen molar-refractivity contribution in [3.8, 4) is 33.8 Å². The summed E-state index contributed by atoms with van der Waals surface area (Å²) in [4.78, 5) is 10.5. The monoisotopic (exact) mass is 644 g/mol. The highest BCUT2D eigenvalue weighted by molar-refractivity contribution is 7.25. The second-order valence-corrected chi connectivity index (χ2v) is 13.6. The topological polar surface area (TPSA) is 52.1 Å². The molecule has 0 spiro atoms. The Balaban J connectivity index is 1.18. The lowest BCUT2D eigenvalue weighted by molar-refractivity contribution is 0.667. The van der Waals surface area contributed by atoms with Gasteiger partial charge in [0.1, 0.15) is 28.0 Å². The fraction of sp³-hybridized carbons (Fsp3) is 0. The van der Waals surface area contributed by atoms with Gasteiger partial charge >= 0.3 is 0 Å². The zero-order valence-electron chi connectivity index (χ0n) is 26.0. The predicted octanol–water partition coefficient (Wildman–Crippen LogP) is 12.8. The maximum atomic E-state index is 6.71. The van der Waals surface area contributed by atoms with Crippen LogP contribution in [-0.4, -0.2) is 9.97 Å².